The average Bonchev–Trinajstić information content (AvgIpc) is 3.16. The van der Waals surface area contributed by atoms with Gasteiger partial charge in [-0.05, 0) is 42.8 Å². The van der Waals surface area contributed by atoms with Gasteiger partial charge >= 0.3 is 0 Å². The summed E-state index contributed by atoms with van der Waals surface area (Å²) in [6.45, 7) is 5.76. The van der Waals surface area contributed by atoms with Crippen molar-refractivity contribution in [2.75, 3.05) is 19.0 Å². The second-order valence-corrected chi connectivity index (χ2v) is 6.69. The number of amides is 1. The molecule has 1 amide bonds. The lowest BCUT2D eigenvalue weighted by molar-refractivity contribution is -0.384. The largest absolute Gasteiger partial charge is 0.493 e. The molecule has 0 bridgehead atoms. The summed E-state index contributed by atoms with van der Waals surface area (Å²) in [4.78, 5) is 22.9. The third-order valence-corrected chi connectivity index (χ3v) is 4.36. The van der Waals surface area contributed by atoms with E-state index in [1.807, 2.05) is 0 Å². The zero-order chi connectivity index (χ0) is 23.1. The molecule has 9 heteroatoms. The Morgan fingerprint density at radius 2 is 1.97 bits per heavy atom. The molecule has 0 saturated carbocycles. The summed E-state index contributed by atoms with van der Waals surface area (Å²) < 4.78 is 12.4. The Morgan fingerprint density at radius 1 is 1.22 bits per heavy atom. The molecule has 0 atom stereocenters. The van der Waals surface area contributed by atoms with E-state index in [-0.39, 0.29) is 11.6 Å². The van der Waals surface area contributed by atoms with Gasteiger partial charge in [0.05, 0.1) is 23.4 Å². The maximum atomic E-state index is 12.5. The predicted molar refractivity (Wildman–Crippen MR) is 121 cm³/mol. The Bertz CT molecular complexity index is 1170. The van der Waals surface area contributed by atoms with Crippen molar-refractivity contribution in [3.63, 3.8) is 0 Å². The van der Waals surface area contributed by atoms with E-state index in [2.05, 4.69) is 17.0 Å². The molecule has 32 heavy (non-hydrogen) atoms. The fourth-order valence-corrected chi connectivity index (χ4v) is 2.90. The number of carbonyl (C=O) groups excluding carboxylic acids is 1. The van der Waals surface area contributed by atoms with Gasteiger partial charge in [-0.15, -0.1) is 0 Å². The fourth-order valence-electron chi connectivity index (χ4n) is 2.90. The number of carbonyl (C=O) groups is 1. The molecule has 164 valence electrons. The fraction of sp³-hybridized carbons (Fsp3) is 0.130. The number of nitrogens with one attached hydrogen (secondary N) is 1. The standard InChI is InChI=1S/C23H22N4O5/c1-4-13-32-20-11-5-17(15-21(20)31-3)6-12-23(28)24-22-14-16(2)25-26(22)18-7-9-19(10-8-18)27(29)30/h4-12,14-15H,1,13H2,2-3H3,(H,24,28)/b12-6+. The molecule has 0 aliphatic carbocycles. The summed E-state index contributed by atoms with van der Waals surface area (Å²) in [6, 6.07) is 12.9. The number of non-ortho nitro benzene ring substituents is 1. The molecule has 9 nitrogen and oxygen atoms in total. The molecule has 0 fully saturated rings. The first kappa shape index (κ1) is 22.3. The third kappa shape index (κ3) is 5.39. The lowest BCUT2D eigenvalue weighted by Crippen LogP contribution is -2.12. The molecule has 3 rings (SSSR count). The molecule has 2 aromatic carbocycles. The van der Waals surface area contributed by atoms with Crippen LogP contribution in [0.2, 0.25) is 0 Å². The number of aromatic nitrogens is 2. The number of hydrogen-bond donors (Lipinski definition) is 1. The Kier molecular flexibility index (Phi) is 7.02. The van der Waals surface area contributed by atoms with Gasteiger partial charge in [0, 0.05) is 24.3 Å². The van der Waals surface area contributed by atoms with Crippen molar-refractivity contribution in [3.8, 4) is 17.2 Å². The minimum Gasteiger partial charge on any atom is -0.493 e. The van der Waals surface area contributed by atoms with Crippen LogP contribution in [0.25, 0.3) is 11.8 Å². The van der Waals surface area contributed by atoms with Crippen molar-refractivity contribution < 1.29 is 19.2 Å². The lowest BCUT2D eigenvalue weighted by Gasteiger charge is -2.10. The first-order valence-electron chi connectivity index (χ1n) is 9.63. The van der Waals surface area contributed by atoms with Crippen LogP contribution in [0.3, 0.4) is 0 Å². The van der Waals surface area contributed by atoms with E-state index < -0.39 is 4.92 Å². The van der Waals surface area contributed by atoms with E-state index in [1.165, 1.54) is 30.0 Å². The second-order valence-electron chi connectivity index (χ2n) is 6.69. The minimum atomic E-state index is -0.473. The Labute approximate surface area is 184 Å². The van der Waals surface area contributed by atoms with Gasteiger partial charge in [-0.2, -0.15) is 5.10 Å². The van der Waals surface area contributed by atoms with E-state index in [9.17, 15) is 14.9 Å². The minimum absolute atomic E-state index is 0.0255. The molecule has 3 aromatic rings. The van der Waals surface area contributed by atoms with E-state index in [4.69, 9.17) is 9.47 Å². The van der Waals surface area contributed by atoms with E-state index in [1.54, 1.807) is 55.5 Å². The number of methoxy groups -OCH3 is 1. The third-order valence-electron chi connectivity index (χ3n) is 4.36. The van der Waals surface area contributed by atoms with Crippen LogP contribution in [0, 0.1) is 17.0 Å². The smallest absolute Gasteiger partial charge is 0.269 e. The topological polar surface area (TPSA) is 109 Å². The van der Waals surface area contributed by atoms with Crippen LogP contribution in [-0.2, 0) is 4.79 Å². The SMILES string of the molecule is C=CCOc1ccc(/C=C/C(=O)Nc2cc(C)nn2-c2ccc([N+](=O)[O-])cc2)cc1OC. The van der Waals surface area contributed by atoms with Gasteiger partial charge in [-0.3, -0.25) is 14.9 Å². The van der Waals surface area contributed by atoms with Gasteiger partial charge in [-0.1, -0.05) is 18.7 Å². The number of nitro benzene ring substituents is 1. The van der Waals surface area contributed by atoms with Gasteiger partial charge in [-0.25, -0.2) is 4.68 Å². The van der Waals surface area contributed by atoms with Crippen molar-refractivity contribution in [2.24, 2.45) is 0 Å². The average molecular weight is 434 g/mol. The summed E-state index contributed by atoms with van der Waals surface area (Å²) in [5.41, 5.74) is 2.00. The monoisotopic (exact) mass is 434 g/mol. The highest BCUT2D eigenvalue weighted by Gasteiger charge is 2.12. The van der Waals surface area contributed by atoms with E-state index in [0.29, 0.717) is 35.3 Å². The van der Waals surface area contributed by atoms with Crippen LogP contribution in [0.5, 0.6) is 11.5 Å². The number of aryl methyl sites for hydroxylation is 1. The number of benzene rings is 2. The second kappa shape index (κ2) is 10.1. The molecule has 1 heterocycles. The maximum absolute atomic E-state index is 12.5. The summed E-state index contributed by atoms with van der Waals surface area (Å²) in [6.07, 6.45) is 4.68. The maximum Gasteiger partial charge on any atom is 0.269 e. The molecule has 0 unspecified atom stereocenters. The highest BCUT2D eigenvalue weighted by molar-refractivity contribution is 6.01. The molecular weight excluding hydrogens is 412 g/mol. The first-order valence-corrected chi connectivity index (χ1v) is 9.63. The van der Waals surface area contributed by atoms with Gasteiger partial charge in [0.1, 0.15) is 12.4 Å². The number of nitro groups is 1. The highest BCUT2D eigenvalue weighted by atomic mass is 16.6. The zero-order valence-electron chi connectivity index (χ0n) is 17.6. The van der Waals surface area contributed by atoms with Crippen LogP contribution >= 0.6 is 0 Å². The Balaban J connectivity index is 1.75. The van der Waals surface area contributed by atoms with Crippen LogP contribution in [0.1, 0.15) is 11.3 Å². The van der Waals surface area contributed by atoms with Crippen molar-refractivity contribution in [3.05, 3.63) is 88.6 Å². The molecule has 0 spiro atoms. The number of anilines is 1. The van der Waals surface area contributed by atoms with Crippen LogP contribution in [-0.4, -0.2) is 34.3 Å². The van der Waals surface area contributed by atoms with Gasteiger partial charge in [0.15, 0.2) is 11.5 Å². The molecule has 0 aliphatic heterocycles. The molecule has 0 radical (unpaired) electrons. The normalized spacial score (nSPS) is 10.7. The zero-order valence-corrected chi connectivity index (χ0v) is 17.6. The van der Waals surface area contributed by atoms with Gasteiger partial charge in [0.25, 0.3) is 5.69 Å². The van der Waals surface area contributed by atoms with Crippen molar-refractivity contribution in [1.29, 1.82) is 0 Å². The summed E-state index contributed by atoms with van der Waals surface area (Å²) >= 11 is 0. The van der Waals surface area contributed by atoms with Gasteiger partial charge < -0.3 is 14.8 Å². The molecule has 0 saturated heterocycles. The van der Waals surface area contributed by atoms with Crippen molar-refractivity contribution in [1.82, 2.24) is 9.78 Å². The van der Waals surface area contributed by atoms with Crippen LogP contribution in [0.15, 0.2) is 67.3 Å². The molecular formula is C23H22N4O5. The molecule has 0 aliphatic rings. The lowest BCUT2D eigenvalue weighted by atomic mass is 10.2. The number of hydrogen-bond acceptors (Lipinski definition) is 6. The van der Waals surface area contributed by atoms with E-state index in [0.717, 1.165) is 5.56 Å². The quantitative estimate of drug-likeness (QED) is 0.233. The number of ether oxygens (including phenoxy) is 2. The first-order chi connectivity index (χ1) is 15.4. The highest BCUT2D eigenvalue weighted by Crippen LogP contribution is 2.28. The van der Waals surface area contributed by atoms with E-state index >= 15 is 0 Å². The molecule has 1 N–H and O–H groups in total. The van der Waals surface area contributed by atoms with Crippen molar-refractivity contribution >= 4 is 23.5 Å². The summed E-state index contributed by atoms with van der Waals surface area (Å²) in [5, 5.41) is 18.0. The van der Waals surface area contributed by atoms with Crippen LogP contribution < -0.4 is 14.8 Å². The predicted octanol–water partition coefficient (Wildman–Crippen LogP) is 4.31. The van der Waals surface area contributed by atoms with Crippen molar-refractivity contribution in [2.45, 2.75) is 6.92 Å². The number of rotatable bonds is 9. The Hall–Kier alpha value is -4.40. The van der Waals surface area contributed by atoms with Crippen LogP contribution in [0.4, 0.5) is 11.5 Å². The van der Waals surface area contributed by atoms with Gasteiger partial charge in [0.2, 0.25) is 5.91 Å². The number of nitrogens with zero attached hydrogens (tertiary/aromatic N) is 3. The Morgan fingerprint density at radius 3 is 2.62 bits per heavy atom. The molecule has 1 aromatic heterocycles. The summed E-state index contributed by atoms with van der Waals surface area (Å²) in [5.74, 6) is 1.20. The summed E-state index contributed by atoms with van der Waals surface area (Å²) in [7, 11) is 1.54.